The summed E-state index contributed by atoms with van der Waals surface area (Å²) in [6.45, 7) is 3.75. The molecule has 3 aromatic rings. The van der Waals surface area contributed by atoms with Gasteiger partial charge in [0.2, 0.25) is 15.9 Å². The van der Waals surface area contributed by atoms with E-state index < -0.39 is 15.6 Å². The summed E-state index contributed by atoms with van der Waals surface area (Å²) in [5.74, 6) is -0.650. The molecule has 0 atom stereocenters. The maximum atomic E-state index is 14.0. The van der Waals surface area contributed by atoms with Gasteiger partial charge in [-0.1, -0.05) is 6.07 Å². The van der Waals surface area contributed by atoms with Gasteiger partial charge in [0, 0.05) is 31.9 Å². The number of nitrogens with one attached hydrogen (secondary N) is 2. The molecule has 1 fully saturated rings. The number of aromatic nitrogens is 1. The molecular weight excluding hydrogens is 443 g/mol. The van der Waals surface area contributed by atoms with Crippen LogP contribution in [0.1, 0.15) is 31.0 Å². The van der Waals surface area contributed by atoms with Gasteiger partial charge in [-0.05, 0) is 67.8 Å². The number of rotatable bonds is 3. The summed E-state index contributed by atoms with van der Waals surface area (Å²) in [7, 11) is -3.82. The first-order valence-electron chi connectivity index (χ1n) is 10.8. The predicted molar refractivity (Wildman–Crippen MR) is 125 cm³/mol. The first-order chi connectivity index (χ1) is 15.7. The number of halogens is 1. The molecule has 1 amide bonds. The topological polar surface area (TPSA) is 83.4 Å². The van der Waals surface area contributed by atoms with Crippen molar-refractivity contribution in [3.05, 3.63) is 71.8 Å². The van der Waals surface area contributed by atoms with Crippen molar-refractivity contribution in [2.45, 2.75) is 37.1 Å². The van der Waals surface area contributed by atoms with Crippen molar-refractivity contribution in [2.24, 2.45) is 0 Å². The van der Waals surface area contributed by atoms with E-state index in [0.717, 1.165) is 16.9 Å². The molecule has 2 aliphatic heterocycles. The molecule has 2 aliphatic rings. The van der Waals surface area contributed by atoms with Crippen LogP contribution in [0.2, 0.25) is 0 Å². The van der Waals surface area contributed by atoms with E-state index in [2.05, 4.69) is 10.6 Å². The second-order valence-corrected chi connectivity index (χ2v) is 10.6. The van der Waals surface area contributed by atoms with Crippen molar-refractivity contribution in [3.8, 4) is 5.69 Å². The molecule has 0 aliphatic carbocycles. The maximum Gasteiger partial charge on any atom is 0.245 e. The molecule has 0 bridgehead atoms. The van der Waals surface area contributed by atoms with Crippen LogP contribution in [0.5, 0.6) is 0 Å². The van der Waals surface area contributed by atoms with Crippen LogP contribution in [0, 0.1) is 12.7 Å². The Bertz CT molecular complexity index is 1360. The maximum absolute atomic E-state index is 14.0. The zero-order valence-electron chi connectivity index (χ0n) is 18.4. The lowest BCUT2D eigenvalue weighted by molar-refractivity contribution is -0.114. The summed E-state index contributed by atoms with van der Waals surface area (Å²) in [5.41, 5.74) is 3.18. The number of carbonyl (C=O) groups excluding carboxylic acids is 1. The first kappa shape index (κ1) is 21.7. The molecular formula is C24H25FN4O3S. The van der Waals surface area contributed by atoms with E-state index in [1.807, 2.05) is 29.8 Å². The highest BCUT2D eigenvalue weighted by molar-refractivity contribution is 7.89. The smallest absolute Gasteiger partial charge is 0.245 e. The normalized spacial score (nSPS) is 17.2. The molecule has 0 unspecified atom stereocenters. The van der Waals surface area contributed by atoms with Gasteiger partial charge in [-0.2, -0.15) is 4.31 Å². The Balaban J connectivity index is 1.46. The molecule has 3 heterocycles. The van der Waals surface area contributed by atoms with Gasteiger partial charge in [0.1, 0.15) is 10.7 Å². The fourth-order valence-electron chi connectivity index (χ4n) is 4.89. The fraction of sp³-hybridized carbons (Fsp3) is 0.292. The molecule has 1 aromatic heterocycles. The molecule has 172 valence electrons. The van der Waals surface area contributed by atoms with Gasteiger partial charge in [-0.3, -0.25) is 4.79 Å². The largest absolute Gasteiger partial charge is 0.372 e. The zero-order chi connectivity index (χ0) is 23.4. The minimum atomic E-state index is -3.82. The Morgan fingerprint density at radius 2 is 1.88 bits per heavy atom. The molecule has 1 saturated heterocycles. The molecule has 2 N–H and O–H groups in total. The Morgan fingerprint density at radius 3 is 2.61 bits per heavy atom. The minimum absolute atomic E-state index is 0.0982. The quantitative estimate of drug-likeness (QED) is 0.609. The van der Waals surface area contributed by atoms with E-state index in [-0.39, 0.29) is 22.3 Å². The van der Waals surface area contributed by atoms with Crippen molar-refractivity contribution >= 4 is 27.3 Å². The number of piperidine rings is 1. The number of amides is 1. The highest BCUT2D eigenvalue weighted by atomic mass is 32.2. The van der Waals surface area contributed by atoms with Gasteiger partial charge in [0.25, 0.3) is 0 Å². The number of hydrogen-bond donors (Lipinski definition) is 2. The average molecular weight is 469 g/mol. The second-order valence-electron chi connectivity index (χ2n) is 8.72. The van der Waals surface area contributed by atoms with Crippen LogP contribution in [0.15, 0.2) is 59.6 Å². The van der Waals surface area contributed by atoms with Crippen LogP contribution in [-0.2, 0) is 20.4 Å². The molecule has 7 nitrogen and oxygen atoms in total. The third-order valence-corrected chi connectivity index (χ3v) is 8.41. The van der Waals surface area contributed by atoms with Crippen LogP contribution >= 0.6 is 0 Å². The van der Waals surface area contributed by atoms with Crippen molar-refractivity contribution in [2.75, 3.05) is 23.7 Å². The van der Waals surface area contributed by atoms with E-state index in [9.17, 15) is 17.6 Å². The lowest BCUT2D eigenvalue weighted by atomic mass is 9.83. The summed E-state index contributed by atoms with van der Waals surface area (Å²) in [6, 6.07) is 13.6. The second kappa shape index (κ2) is 7.71. The fourth-order valence-corrected chi connectivity index (χ4v) is 6.56. The van der Waals surface area contributed by atoms with E-state index in [1.54, 1.807) is 24.3 Å². The molecule has 1 spiro atoms. The Hall–Kier alpha value is -3.17. The lowest BCUT2D eigenvalue weighted by Crippen LogP contribution is -2.51. The van der Waals surface area contributed by atoms with Crippen molar-refractivity contribution in [1.29, 1.82) is 0 Å². The Labute approximate surface area is 192 Å². The van der Waals surface area contributed by atoms with Gasteiger partial charge >= 0.3 is 0 Å². The van der Waals surface area contributed by atoms with Crippen molar-refractivity contribution in [1.82, 2.24) is 8.87 Å². The first-order valence-corrected chi connectivity index (χ1v) is 12.3. The van der Waals surface area contributed by atoms with Crippen molar-refractivity contribution in [3.63, 3.8) is 0 Å². The average Bonchev–Trinajstić information content (AvgIpc) is 3.26. The number of benzene rings is 2. The zero-order valence-corrected chi connectivity index (χ0v) is 19.2. The molecule has 0 radical (unpaired) electrons. The van der Waals surface area contributed by atoms with Gasteiger partial charge in [-0.25, -0.2) is 12.8 Å². The Kier molecular flexibility index (Phi) is 5.06. The number of anilines is 2. The summed E-state index contributed by atoms with van der Waals surface area (Å²) in [4.78, 5) is 11.7. The monoisotopic (exact) mass is 468 g/mol. The van der Waals surface area contributed by atoms with Gasteiger partial charge in [0.15, 0.2) is 0 Å². The number of sulfonamides is 1. The van der Waals surface area contributed by atoms with Gasteiger partial charge in [0.05, 0.1) is 22.6 Å². The lowest BCUT2D eigenvalue weighted by Gasteiger charge is -2.46. The third-order valence-electron chi connectivity index (χ3n) is 6.47. The number of hydrogen-bond acceptors (Lipinski definition) is 4. The SMILES string of the molecule is CC(=O)Nc1ccc(C)cc1S(=O)(=O)N1CCC2(CC1)Nc1cc(F)ccc1-n1cccc12. The third kappa shape index (κ3) is 3.61. The van der Waals surface area contributed by atoms with Crippen molar-refractivity contribution < 1.29 is 17.6 Å². The number of nitrogens with zero attached hydrogens (tertiary/aromatic N) is 2. The van der Waals surface area contributed by atoms with E-state index in [1.165, 1.54) is 23.4 Å². The van der Waals surface area contributed by atoms with E-state index >= 15 is 0 Å². The highest BCUT2D eigenvalue weighted by Crippen LogP contribution is 2.44. The number of fused-ring (bicyclic) bond motifs is 4. The number of carbonyl (C=O) groups is 1. The van der Waals surface area contributed by atoms with Crippen LogP contribution < -0.4 is 10.6 Å². The standard InChI is InChI=1S/C24H25FN4O3S/c1-16-5-7-19(26-17(2)30)22(14-16)33(31,32)28-12-9-24(10-13-28)23-4-3-11-29(23)21-8-6-18(25)15-20(21)27-24/h3-8,11,14-15,27H,9-10,12-13H2,1-2H3,(H,26,30). The Morgan fingerprint density at radius 1 is 1.12 bits per heavy atom. The summed E-state index contributed by atoms with van der Waals surface area (Å²) >= 11 is 0. The summed E-state index contributed by atoms with van der Waals surface area (Å²) < 4.78 is 44.6. The summed E-state index contributed by atoms with van der Waals surface area (Å²) in [6.07, 6.45) is 2.99. The van der Waals surface area contributed by atoms with E-state index in [4.69, 9.17) is 0 Å². The van der Waals surface area contributed by atoms with Gasteiger partial charge < -0.3 is 15.2 Å². The van der Waals surface area contributed by atoms with E-state index in [0.29, 0.717) is 31.6 Å². The van der Waals surface area contributed by atoms with Gasteiger partial charge in [-0.15, -0.1) is 0 Å². The molecule has 0 saturated carbocycles. The minimum Gasteiger partial charge on any atom is -0.372 e. The predicted octanol–water partition coefficient (Wildman–Crippen LogP) is 3.99. The van der Waals surface area contributed by atoms with Crippen LogP contribution in [0.3, 0.4) is 0 Å². The molecule has 33 heavy (non-hydrogen) atoms. The highest BCUT2D eigenvalue weighted by Gasteiger charge is 2.44. The molecule has 2 aromatic carbocycles. The van der Waals surface area contributed by atoms with Crippen LogP contribution in [0.25, 0.3) is 5.69 Å². The number of aryl methyl sites for hydroxylation is 1. The molecule has 5 rings (SSSR count). The summed E-state index contributed by atoms with van der Waals surface area (Å²) in [5, 5.41) is 6.15. The van der Waals surface area contributed by atoms with Crippen LogP contribution in [0.4, 0.5) is 15.8 Å². The molecule has 9 heteroatoms. The van der Waals surface area contributed by atoms with Crippen LogP contribution in [-0.4, -0.2) is 36.3 Å².